The molecule has 9 heteroatoms. The highest BCUT2D eigenvalue weighted by atomic mass is 79.9. The monoisotopic (exact) mass is 391 g/mol. The smallest absolute Gasteiger partial charge is 0.323 e. The van der Waals surface area contributed by atoms with Crippen molar-refractivity contribution >= 4 is 56.7 Å². The predicted molar refractivity (Wildman–Crippen MR) is 88.0 cm³/mol. The van der Waals surface area contributed by atoms with Gasteiger partial charge in [-0.3, -0.25) is 0 Å². The molecule has 2 N–H and O–H groups in total. The maximum atomic E-state index is 6.18. The number of nitrogens with zero attached hydrogens (tertiary/aromatic N) is 3. The van der Waals surface area contributed by atoms with Gasteiger partial charge in [-0.15, -0.1) is 0 Å². The van der Waals surface area contributed by atoms with Crippen molar-refractivity contribution in [1.82, 2.24) is 15.0 Å². The van der Waals surface area contributed by atoms with Crippen LogP contribution in [0.4, 0.5) is 17.6 Å². The van der Waals surface area contributed by atoms with Gasteiger partial charge in [-0.25, -0.2) is 0 Å². The van der Waals surface area contributed by atoms with Crippen LogP contribution in [-0.2, 0) is 0 Å². The first-order valence-corrected chi connectivity index (χ1v) is 7.57. The van der Waals surface area contributed by atoms with Crippen molar-refractivity contribution in [2.24, 2.45) is 0 Å². The summed E-state index contributed by atoms with van der Waals surface area (Å²) in [6, 6.07) is 3.76. The van der Waals surface area contributed by atoms with Gasteiger partial charge in [0.1, 0.15) is 0 Å². The minimum absolute atomic E-state index is 0.221. The van der Waals surface area contributed by atoms with Crippen molar-refractivity contribution in [2.45, 2.75) is 6.92 Å². The van der Waals surface area contributed by atoms with Crippen LogP contribution in [-0.4, -0.2) is 28.6 Å². The van der Waals surface area contributed by atoms with Crippen LogP contribution in [0, 0.1) is 0 Å². The molecular formula is C12H12BrCl2N5O. The molecule has 2 aromatic rings. The Bertz CT molecular complexity index is 656. The van der Waals surface area contributed by atoms with Crippen LogP contribution >= 0.6 is 39.1 Å². The molecule has 0 spiro atoms. The highest BCUT2D eigenvalue weighted by Crippen LogP contribution is 2.36. The van der Waals surface area contributed by atoms with E-state index in [1.165, 1.54) is 0 Å². The zero-order chi connectivity index (χ0) is 15.4. The van der Waals surface area contributed by atoms with E-state index in [4.69, 9.17) is 27.9 Å². The summed E-state index contributed by atoms with van der Waals surface area (Å²) in [5.74, 6) is 0.688. The molecule has 21 heavy (non-hydrogen) atoms. The first kappa shape index (κ1) is 16.1. The Balaban J connectivity index is 2.34. The maximum absolute atomic E-state index is 6.18. The molecular weight excluding hydrogens is 381 g/mol. The van der Waals surface area contributed by atoms with Crippen molar-refractivity contribution in [3.05, 3.63) is 26.7 Å². The third-order valence-electron chi connectivity index (χ3n) is 2.39. The molecule has 1 aromatic carbocycles. The molecule has 0 amide bonds. The van der Waals surface area contributed by atoms with Gasteiger partial charge >= 0.3 is 6.01 Å². The Morgan fingerprint density at radius 3 is 2.52 bits per heavy atom. The number of rotatable bonds is 5. The molecule has 0 saturated carbocycles. The summed E-state index contributed by atoms with van der Waals surface area (Å²) in [4.78, 5) is 12.4. The van der Waals surface area contributed by atoms with Crippen LogP contribution in [0.15, 0.2) is 16.6 Å². The fraction of sp³-hybridized carbons (Fsp3) is 0.250. The van der Waals surface area contributed by atoms with Crippen molar-refractivity contribution in [2.75, 3.05) is 24.3 Å². The molecule has 0 fully saturated rings. The summed E-state index contributed by atoms with van der Waals surface area (Å²) in [6.45, 7) is 2.30. The van der Waals surface area contributed by atoms with Gasteiger partial charge in [-0.1, -0.05) is 23.2 Å². The van der Waals surface area contributed by atoms with E-state index in [-0.39, 0.29) is 6.01 Å². The van der Waals surface area contributed by atoms with Gasteiger partial charge in [0.25, 0.3) is 0 Å². The van der Waals surface area contributed by atoms with Crippen molar-refractivity contribution < 1.29 is 4.74 Å². The van der Waals surface area contributed by atoms with E-state index < -0.39 is 0 Å². The second kappa shape index (κ2) is 7.11. The minimum atomic E-state index is 0.221. The van der Waals surface area contributed by atoms with Crippen molar-refractivity contribution in [3.63, 3.8) is 0 Å². The summed E-state index contributed by atoms with van der Waals surface area (Å²) in [5.41, 5.74) is 0.584. The van der Waals surface area contributed by atoms with E-state index in [0.717, 1.165) is 0 Å². The lowest BCUT2D eigenvalue weighted by Crippen LogP contribution is -2.07. The van der Waals surface area contributed by atoms with Crippen molar-refractivity contribution in [3.8, 4) is 6.01 Å². The van der Waals surface area contributed by atoms with Gasteiger partial charge in [0.15, 0.2) is 0 Å². The summed E-state index contributed by atoms with van der Waals surface area (Å²) in [6.07, 6.45) is 0. The fourth-order valence-corrected chi connectivity index (χ4v) is 2.28. The minimum Gasteiger partial charge on any atom is -0.464 e. The van der Waals surface area contributed by atoms with E-state index >= 15 is 0 Å². The lowest BCUT2D eigenvalue weighted by atomic mass is 10.3. The lowest BCUT2D eigenvalue weighted by molar-refractivity contribution is 0.312. The molecule has 0 bridgehead atoms. The standard InChI is InChI=1S/C12H12BrCl2N5O/c1-3-21-12-19-10(16-2)18-11(20-12)17-7-5-4-6(13)8(14)9(7)15/h4-5H,3H2,1-2H3,(H2,16,17,18,19,20). The van der Waals surface area contributed by atoms with Crippen LogP contribution in [0.1, 0.15) is 6.92 Å². The normalized spacial score (nSPS) is 10.3. The number of hydrogen-bond acceptors (Lipinski definition) is 6. The topological polar surface area (TPSA) is 72.0 Å². The number of ether oxygens (including phenoxy) is 1. The van der Waals surface area contributed by atoms with Crippen LogP contribution < -0.4 is 15.4 Å². The molecule has 0 atom stereocenters. The SMILES string of the molecule is CCOc1nc(NC)nc(Nc2ccc(Br)c(Cl)c2Cl)n1. The third-order valence-corrected chi connectivity index (χ3v) is 4.16. The summed E-state index contributed by atoms with van der Waals surface area (Å²) < 4.78 is 6.00. The Morgan fingerprint density at radius 2 is 1.86 bits per heavy atom. The average Bonchev–Trinajstić information content (AvgIpc) is 2.48. The highest BCUT2D eigenvalue weighted by Gasteiger charge is 2.12. The number of benzene rings is 1. The maximum Gasteiger partial charge on any atom is 0.323 e. The molecule has 6 nitrogen and oxygen atoms in total. The number of nitrogens with one attached hydrogen (secondary N) is 2. The second-order valence-electron chi connectivity index (χ2n) is 3.80. The Morgan fingerprint density at radius 1 is 1.14 bits per heavy atom. The number of halogens is 3. The Labute approximate surface area is 140 Å². The van der Waals surface area contributed by atoms with Gasteiger partial charge in [-0.05, 0) is 35.0 Å². The number of aromatic nitrogens is 3. The molecule has 1 heterocycles. The van der Waals surface area contributed by atoms with Gasteiger partial charge in [0.05, 0.1) is 22.3 Å². The first-order valence-electron chi connectivity index (χ1n) is 6.02. The summed E-state index contributed by atoms with van der Waals surface area (Å²) in [5, 5.41) is 6.62. The first-order chi connectivity index (χ1) is 10.0. The van der Waals surface area contributed by atoms with Crippen LogP contribution in [0.2, 0.25) is 10.0 Å². The molecule has 0 unspecified atom stereocenters. The fourth-order valence-electron chi connectivity index (χ4n) is 1.46. The van der Waals surface area contributed by atoms with Gasteiger partial charge in [0, 0.05) is 11.5 Å². The molecule has 0 saturated heterocycles. The van der Waals surface area contributed by atoms with Crippen LogP contribution in [0.5, 0.6) is 6.01 Å². The van der Waals surface area contributed by atoms with E-state index in [2.05, 4.69) is 41.5 Å². The predicted octanol–water partition coefficient (Wildman–Crippen LogP) is 4.12. The molecule has 0 aliphatic carbocycles. The highest BCUT2D eigenvalue weighted by molar-refractivity contribution is 9.10. The third kappa shape index (κ3) is 3.87. The van der Waals surface area contributed by atoms with Crippen LogP contribution in [0.3, 0.4) is 0 Å². The number of anilines is 3. The average molecular weight is 393 g/mol. The largest absolute Gasteiger partial charge is 0.464 e. The Kier molecular flexibility index (Phi) is 5.44. The molecule has 0 radical (unpaired) electrons. The van der Waals surface area contributed by atoms with E-state index in [9.17, 15) is 0 Å². The van der Waals surface area contributed by atoms with Gasteiger partial charge < -0.3 is 15.4 Å². The summed E-state index contributed by atoms with van der Waals surface area (Å²) in [7, 11) is 1.71. The molecule has 2 rings (SSSR count). The molecule has 0 aliphatic rings. The van der Waals surface area contributed by atoms with E-state index in [0.29, 0.717) is 38.7 Å². The van der Waals surface area contributed by atoms with E-state index in [1.807, 2.05) is 6.92 Å². The molecule has 1 aromatic heterocycles. The molecule has 112 valence electrons. The Hall–Kier alpha value is -1.31. The van der Waals surface area contributed by atoms with Crippen molar-refractivity contribution in [1.29, 1.82) is 0 Å². The zero-order valence-electron chi connectivity index (χ0n) is 11.2. The molecule has 0 aliphatic heterocycles. The lowest BCUT2D eigenvalue weighted by Gasteiger charge is -2.11. The van der Waals surface area contributed by atoms with E-state index in [1.54, 1.807) is 19.2 Å². The van der Waals surface area contributed by atoms with Gasteiger partial charge in [0.2, 0.25) is 11.9 Å². The number of hydrogen-bond donors (Lipinski definition) is 2. The quantitative estimate of drug-likeness (QED) is 0.745. The second-order valence-corrected chi connectivity index (χ2v) is 5.41. The van der Waals surface area contributed by atoms with Gasteiger partial charge in [-0.2, -0.15) is 15.0 Å². The zero-order valence-corrected chi connectivity index (χ0v) is 14.3. The van der Waals surface area contributed by atoms with Crippen LogP contribution in [0.25, 0.3) is 0 Å². The summed E-state index contributed by atoms with van der Waals surface area (Å²) >= 11 is 15.6.